The van der Waals surface area contributed by atoms with Crippen LogP contribution in [0, 0.1) is 17.8 Å². The molecule has 2 bridgehead atoms. The smallest absolute Gasteiger partial charge is 0.220 e. The molecule has 25 heavy (non-hydrogen) atoms. The van der Waals surface area contributed by atoms with Crippen LogP contribution in [0.1, 0.15) is 24.8 Å². The van der Waals surface area contributed by atoms with Gasteiger partial charge in [0.25, 0.3) is 0 Å². The summed E-state index contributed by atoms with van der Waals surface area (Å²) in [5.74, 6) is 3.11. The van der Waals surface area contributed by atoms with E-state index in [4.69, 9.17) is 0 Å². The number of nitrogens with one attached hydrogen (secondary N) is 1. The highest BCUT2D eigenvalue weighted by Crippen LogP contribution is 2.44. The molecule has 0 radical (unpaired) electrons. The standard InChI is InChI=1S/C20H28N4O/c1-23-7-9-24(10-8-23)20-17(3-2-6-21-20)14-22-19(25)13-18-12-15-4-5-16(18)11-15/h2-6,15-16,18H,7-14H2,1H3,(H,22,25)/t15-,16+,18+/m1/s1. The number of pyridine rings is 1. The Balaban J connectivity index is 1.33. The summed E-state index contributed by atoms with van der Waals surface area (Å²) in [7, 11) is 2.15. The normalized spacial score (nSPS) is 28.5. The average Bonchev–Trinajstić information content (AvgIpc) is 3.24. The van der Waals surface area contributed by atoms with E-state index < -0.39 is 0 Å². The van der Waals surface area contributed by atoms with E-state index in [-0.39, 0.29) is 5.91 Å². The fourth-order valence-electron chi connectivity index (χ4n) is 4.50. The van der Waals surface area contributed by atoms with E-state index in [0.717, 1.165) is 43.5 Å². The van der Waals surface area contributed by atoms with Crippen molar-refractivity contribution in [2.45, 2.75) is 25.8 Å². The second-order valence-corrected chi connectivity index (χ2v) is 7.80. The van der Waals surface area contributed by atoms with Gasteiger partial charge in [-0.05, 0) is 43.7 Å². The zero-order chi connectivity index (χ0) is 17.2. The minimum Gasteiger partial charge on any atom is -0.354 e. The van der Waals surface area contributed by atoms with Gasteiger partial charge in [-0.15, -0.1) is 0 Å². The van der Waals surface area contributed by atoms with E-state index in [1.54, 1.807) is 0 Å². The Labute approximate surface area is 150 Å². The van der Waals surface area contributed by atoms with Crippen LogP contribution in [0.15, 0.2) is 30.5 Å². The van der Waals surface area contributed by atoms with Crippen molar-refractivity contribution < 1.29 is 4.79 Å². The predicted octanol–water partition coefficient (Wildman–Crippen LogP) is 2.05. The number of carbonyl (C=O) groups is 1. The fraction of sp³-hybridized carbons (Fsp3) is 0.600. The Morgan fingerprint density at radius 3 is 2.80 bits per heavy atom. The van der Waals surface area contributed by atoms with E-state index in [1.165, 1.54) is 12.8 Å². The average molecular weight is 340 g/mol. The van der Waals surface area contributed by atoms with Gasteiger partial charge in [0.1, 0.15) is 5.82 Å². The van der Waals surface area contributed by atoms with Crippen LogP contribution in [0.5, 0.6) is 0 Å². The molecule has 1 saturated heterocycles. The van der Waals surface area contributed by atoms with E-state index in [1.807, 2.05) is 12.3 Å². The zero-order valence-electron chi connectivity index (χ0n) is 15.0. The second kappa shape index (κ2) is 7.16. The molecule has 4 rings (SSSR count). The highest BCUT2D eigenvalue weighted by Gasteiger charge is 2.36. The number of carbonyl (C=O) groups excluding carboxylic acids is 1. The van der Waals surface area contributed by atoms with Gasteiger partial charge in [0.2, 0.25) is 5.91 Å². The maximum atomic E-state index is 12.4. The second-order valence-electron chi connectivity index (χ2n) is 7.80. The van der Waals surface area contributed by atoms with Crippen LogP contribution < -0.4 is 10.2 Å². The molecule has 1 aromatic rings. The van der Waals surface area contributed by atoms with Crippen molar-refractivity contribution in [1.29, 1.82) is 0 Å². The maximum Gasteiger partial charge on any atom is 0.220 e. The molecule has 5 nitrogen and oxygen atoms in total. The monoisotopic (exact) mass is 340 g/mol. The van der Waals surface area contributed by atoms with Gasteiger partial charge in [0.15, 0.2) is 0 Å². The molecule has 5 heteroatoms. The van der Waals surface area contributed by atoms with Crippen LogP contribution in [0.25, 0.3) is 0 Å². The number of likely N-dealkylation sites (N-methyl/N-ethyl adjacent to an activating group) is 1. The molecule has 1 N–H and O–H groups in total. The van der Waals surface area contributed by atoms with Crippen molar-refractivity contribution in [1.82, 2.24) is 15.2 Å². The molecule has 1 amide bonds. The van der Waals surface area contributed by atoms with Crippen molar-refractivity contribution >= 4 is 11.7 Å². The highest BCUT2D eigenvalue weighted by atomic mass is 16.1. The maximum absolute atomic E-state index is 12.4. The predicted molar refractivity (Wildman–Crippen MR) is 99.3 cm³/mol. The van der Waals surface area contributed by atoms with Crippen molar-refractivity contribution in [2.24, 2.45) is 17.8 Å². The van der Waals surface area contributed by atoms with Crippen molar-refractivity contribution in [2.75, 3.05) is 38.1 Å². The van der Waals surface area contributed by atoms with Crippen LogP contribution in [-0.2, 0) is 11.3 Å². The highest BCUT2D eigenvalue weighted by molar-refractivity contribution is 5.76. The molecule has 0 unspecified atom stereocenters. The Morgan fingerprint density at radius 1 is 1.24 bits per heavy atom. The molecular weight excluding hydrogens is 312 g/mol. The van der Waals surface area contributed by atoms with Crippen molar-refractivity contribution in [3.05, 3.63) is 36.0 Å². The minimum absolute atomic E-state index is 0.180. The third-order valence-electron chi connectivity index (χ3n) is 6.01. The minimum atomic E-state index is 0.180. The summed E-state index contributed by atoms with van der Waals surface area (Å²) < 4.78 is 0. The summed E-state index contributed by atoms with van der Waals surface area (Å²) in [5, 5.41) is 3.13. The van der Waals surface area contributed by atoms with E-state index in [2.05, 4.69) is 45.4 Å². The number of amides is 1. The first kappa shape index (κ1) is 16.6. The van der Waals surface area contributed by atoms with Gasteiger partial charge < -0.3 is 15.1 Å². The number of aromatic nitrogens is 1. The molecule has 3 aliphatic rings. The van der Waals surface area contributed by atoms with Crippen LogP contribution in [0.4, 0.5) is 5.82 Å². The van der Waals surface area contributed by atoms with Gasteiger partial charge in [0.05, 0.1) is 0 Å². The molecule has 3 atom stereocenters. The van der Waals surface area contributed by atoms with Gasteiger partial charge in [-0.25, -0.2) is 4.98 Å². The summed E-state index contributed by atoms with van der Waals surface area (Å²) in [6.07, 6.45) is 9.61. The molecular formula is C20H28N4O. The number of nitrogens with zero attached hydrogens (tertiary/aromatic N) is 3. The van der Waals surface area contributed by atoms with Crippen LogP contribution >= 0.6 is 0 Å². The number of piperazine rings is 1. The number of allylic oxidation sites excluding steroid dienone is 2. The van der Waals surface area contributed by atoms with E-state index in [9.17, 15) is 4.79 Å². The quantitative estimate of drug-likeness (QED) is 0.834. The molecule has 2 aliphatic carbocycles. The summed E-state index contributed by atoms with van der Waals surface area (Å²) >= 11 is 0. The summed E-state index contributed by atoms with van der Waals surface area (Å²) in [5.41, 5.74) is 1.12. The number of rotatable bonds is 5. The molecule has 1 aromatic heterocycles. The number of fused-ring (bicyclic) bond motifs is 2. The van der Waals surface area contributed by atoms with Gasteiger partial charge in [-0.3, -0.25) is 4.79 Å². The first-order chi connectivity index (χ1) is 12.2. The van der Waals surface area contributed by atoms with Crippen LogP contribution in [0.2, 0.25) is 0 Å². The number of anilines is 1. The SMILES string of the molecule is CN1CCN(c2ncccc2CNC(=O)C[C@@H]2C[C@@H]3C=C[C@H]2C3)CC1. The number of hydrogen-bond acceptors (Lipinski definition) is 4. The van der Waals surface area contributed by atoms with E-state index in [0.29, 0.717) is 24.8 Å². The lowest BCUT2D eigenvalue weighted by Gasteiger charge is -2.34. The lowest BCUT2D eigenvalue weighted by Crippen LogP contribution is -2.45. The largest absolute Gasteiger partial charge is 0.354 e. The Bertz CT molecular complexity index is 651. The molecule has 2 fully saturated rings. The molecule has 1 aliphatic heterocycles. The summed E-state index contributed by atoms with van der Waals surface area (Å²) in [6, 6.07) is 4.04. The van der Waals surface area contributed by atoms with Gasteiger partial charge in [0, 0.05) is 50.9 Å². The molecule has 0 spiro atoms. The lowest BCUT2D eigenvalue weighted by molar-refractivity contribution is -0.122. The molecule has 0 aromatic carbocycles. The van der Waals surface area contributed by atoms with E-state index >= 15 is 0 Å². The molecule has 134 valence electrons. The Hall–Kier alpha value is -1.88. The van der Waals surface area contributed by atoms with Crippen molar-refractivity contribution in [3.8, 4) is 0 Å². The summed E-state index contributed by atoms with van der Waals surface area (Å²) in [6.45, 7) is 4.67. The topological polar surface area (TPSA) is 48.5 Å². The number of hydrogen-bond donors (Lipinski definition) is 1. The summed E-state index contributed by atoms with van der Waals surface area (Å²) in [4.78, 5) is 21.7. The Morgan fingerprint density at radius 2 is 2.08 bits per heavy atom. The molecule has 2 heterocycles. The Kier molecular flexibility index (Phi) is 4.75. The third-order valence-corrected chi connectivity index (χ3v) is 6.01. The first-order valence-electron chi connectivity index (χ1n) is 9.51. The molecule has 1 saturated carbocycles. The lowest BCUT2D eigenvalue weighted by atomic mass is 9.90. The van der Waals surface area contributed by atoms with Gasteiger partial charge in [-0.1, -0.05) is 18.2 Å². The third kappa shape index (κ3) is 3.71. The van der Waals surface area contributed by atoms with Crippen LogP contribution in [0.3, 0.4) is 0 Å². The first-order valence-corrected chi connectivity index (χ1v) is 9.51. The van der Waals surface area contributed by atoms with Crippen LogP contribution in [-0.4, -0.2) is 49.0 Å². The fourth-order valence-corrected chi connectivity index (χ4v) is 4.50. The van der Waals surface area contributed by atoms with Gasteiger partial charge in [-0.2, -0.15) is 0 Å². The van der Waals surface area contributed by atoms with Crippen molar-refractivity contribution in [3.63, 3.8) is 0 Å². The zero-order valence-corrected chi connectivity index (χ0v) is 15.0. The van der Waals surface area contributed by atoms with Gasteiger partial charge >= 0.3 is 0 Å².